The number of piperidine rings is 1. The van der Waals surface area contributed by atoms with Gasteiger partial charge in [-0.2, -0.15) is 0 Å². The monoisotopic (exact) mass is 283 g/mol. The first-order valence-electron chi connectivity index (χ1n) is 8.67. The van der Waals surface area contributed by atoms with Crippen LogP contribution in [0, 0.1) is 5.92 Å². The molecule has 0 radical (unpaired) electrons. The Morgan fingerprint density at radius 3 is 3.05 bits per heavy atom. The van der Waals surface area contributed by atoms with Crippen LogP contribution in [-0.2, 0) is 12.0 Å². The fourth-order valence-corrected chi connectivity index (χ4v) is 4.78. The van der Waals surface area contributed by atoms with Crippen LogP contribution in [0.2, 0.25) is 0 Å². The minimum Gasteiger partial charge on any atom is -0.353 e. The van der Waals surface area contributed by atoms with E-state index in [0.717, 1.165) is 5.92 Å². The summed E-state index contributed by atoms with van der Waals surface area (Å²) in [4.78, 5) is 5.63. The van der Waals surface area contributed by atoms with Crippen molar-refractivity contribution in [3.05, 3.63) is 35.5 Å². The number of hydrogen-bond acceptors (Lipinski definition) is 0. The smallest absolute Gasteiger partial charge is 0.136 e. The summed E-state index contributed by atoms with van der Waals surface area (Å²) in [6.45, 7) is 7.57. The topological polar surface area (TPSA) is 20.2 Å². The molecule has 112 valence electrons. The van der Waals surface area contributed by atoms with Crippen molar-refractivity contribution in [2.75, 3.05) is 13.1 Å². The summed E-state index contributed by atoms with van der Waals surface area (Å²) in [5, 5.41) is 1.47. The lowest BCUT2D eigenvalue weighted by molar-refractivity contribution is -0.968. The fourth-order valence-electron chi connectivity index (χ4n) is 4.78. The third-order valence-electron chi connectivity index (χ3n) is 6.22. The molecule has 2 aliphatic heterocycles. The lowest BCUT2D eigenvalue weighted by atomic mass is 9.79. The van der Waals surface area contributed by atoms with Crippen LogP contribution in [0.4, 0.5) is 0 Å². The summed E-state index contributed by atoms with van der Waals surface area (Å²) < 4.78 is 0. The Balaban J connectivity index is 1.84. The number of quaternary nitrogens is 1. The fraction of sp³-hybridized carbons (Fsp3) is 0.579. The molecule has 2 nitrogen and oxygen atoms in total. The highest BCUT2D eigenvalue weighted by Gasteiger charge is 2.46. The standard InChI is InChI=1S/C19H26N2/c1-3-14-10-11-19(2)18-16(8-6-12-21(19)13-14)15-7-4-5-9-17(15)20-18/h4-5,7,9,14,20H,3,6,8,10-13H2,1-2H3/p+1/t14-,19-/m0/s1. The van der Waals surface area contributed by atoms with E-state index in [2.05, 4.69) is 43.1 Å². The number of aromatic nitrogens is 1. The molecule has 0 bridgehead atoms. The second-order valence-electron chi connectivity index (χ2n) is 7.33. The van der Waals surface area contributed by atoms with E-state index in [9.17, 15) is 0 Å². The summed E-state index contributed by atoms with van der Waals surface area (Å²) in [5.41, 5.74) is 4.79. The van der Waals surface area contributed by atoms with Gasteiger partial charge in [-0.3, -0.25) is 0 Å². The summed E-state index contributed by atoms with van der Waals surface area (Å²) >= 11 is 0. The van der Waals surface area contributed by atoms with Gasteiger partial charge >= 0.3 is 0 Å². The minimum atomic E-state index is 0.302. The Morgan fingerprint density at radius 1 is 1.33 bits per heavy atom. The second-order valence-corrected chi connectivity index (χ2v) is 7.33. The van der Waals surface area contributed by atoms with E-state index in [0.29, 0.717) is 5.54 Å². The molecule has 4 rings (SSSR count). The zero-order valence-corrected chi connectivity index (χ0v) is 13.3. The molecule has 2 heteroatoms. The van der Waals surface area contributed by atoms with Gasteiger partial charge in [-0.05, 0) is 37.8 Å². The summed E-state index contributed by atoms with van der Waals surface area (Å²) in [7, 11) is 0. The molecular weight excluding hydrogens is 256 g/mol. The van der Waals surface area contributed by atoms with Gasteiger partial charge in [0.2, 0.25) is 0 Å². The number of H-pyrrole nitrogens is 1. The molecule has 0 saturated carbocycles. The van der Waals surface area contributed by atoms with Crippen LogP contribution in [0.15, 0.2) is 24.3 Å². The van der Waals surface area contributed by atoms with Gasteiger partial charge in [-0.25, -0.2) is 0 Å². The molecule has 1 aromatic carbocycles. The van der Waals surface area contributed by atoms with Gasteiger partial charge in [0.15, 0.2) is 0 Å². The quantitative estimate of drug-likeness (QED) is 0.802. The maximum Gasteiger partial charge on any atom is 0.136 e. The van der Waals surface area contributed by atoms with Crippen molar-refractivity contribution in [2.45, 2.75) is 51.5 Å². The van der Waals surface area contributed by atoms with E-state index < -0.39 is 0 Å². The second kappa shape index (κ2) is 4.88. The van der Waals surface area contributed by atoms with Crippen LogP contribution >= 0.6 is 0 Å². The summed E-state index contributed by atoms with van der Waals surface area (Å²) in [6, 6.07) is 8.88. The highest BCUT2D eigenvalue weighted by molar-refractivity contribution is 5.85. The maximum atomic E-state index is 3.81. The number of aromatic amines is 1. The third-order valence-corrected chi connectivity index (χ3v) is 6.22. The Labute approximate surface area is 127 Å². The van der Waals surface area contributed by atoms with Crippen LogP contribution in [0.25, 0.3) is 10.9 Å². The lowest BCUT2D eigenvalue weighted by Crippen LogP contribution is -3.19. The molecule has 1 aromatic heterocycles. The molecule has 3 heterocycles. The van der Waals surface area contributed by atoms with Crippen molar-refractivity contribution in [2.24, 2.45) is 5.92 Å². The van der Waals surface area contributed by atoms with Gasteiger partial charge in [0, 0.05) is 29.7 Å². The average molecular weight is 283 g/mol. The normalized spacial score (nSPS) is 32.5. The van der Waals surface area contributed by atoms with Gasteiger partial charge in [-0.15, -0.1) is 0 Å². The van der Waals surface area contributed by atoms with E-state index in [-0.39, 0.29) is 0 Å². The number of hydrogen-bond donors (Lipinski definition) is 2. The van der Waals surface area contributed by atoms with Crippen molar-refractivity contribution < 1.29 is 4.90 Å². The lowest BCUT2D eigenvalue weighted by Gasteiger charge is -2.43. The minimum absolute atomic E-state index is 0.302. The largest absolute Gasteiger partial charge is 0.353 e. The van der Waals surface area contributed by atoms with Crippen LogP contribution in [0.3, 0.4) is 0 Å². The van der Waals surface area contributed by atoms with E-state index >= 15 is 0 Å². The van der Waals surface area contributed by atoms with E-state index in [1.54, 1.807) is 11.3 Å². The van der Waals surface area contributed by atoms with Crippen molar-refractivity contribution in [1.82, 2.24) is 4.98 Å². The van der Waals surface area contributed by atoms with Gasteiger partial charge in [0.05, 0.1) is 18.8 Å². The number of aryl methyl sites for hydroxylation is 1. The summed E-state index contributed by atoms with van der Waals surface area (Å²) in [6.07, 6.45) is 6.65. The molecule has 2 aliphatic rings. The Morgan fingerprint density at radius 2 is 2.19 bits per heavy atom. The van der Waals surface area contributed by atoms with E-state index in [4.69, 9.17) is 0 Å². The van der Waals surface area contributed by atoms with Gasteiger partial charge in [0.25, 0.3) is 0 Å². The molecule has 21 heavy (non-hydrogen) atoms. The first-order valence-corrected chi connectivity index (χ1v) is 8.67. The van der Waals surface area contributed by atoms with Crippen molar-refractivity contribution in [1.29, 1.82) is 0 Å². The molecule has 3 atom stereocenters. The predicted molar refractivity (Wildman–Crippen MR) is 87.7 cm³/mol. The molecule has 1 saturated heterocycles. The zero-order valence-electron chi connectivity index (χ0n) is 13.3. The number of nitrogens with one attached hydrogen (secondary N) is 2. The van der Waals surface area contributed by atoms with Crippen LogP contribution in [-0.4, -0.2) is 18.1 Å². The van der Waals surface area contributed by atoms with E-state index in [1.807, 2.05) is 4.90 Å². The SMILES string of the molecule is CC[C@H]1CC[C@@]2(C)c3[nH]c4ccccc4c3CCC[NH+]2C1. The van der Waals surface area contributed by atoms with Crippen LogP contribution in [0.1, 0.15) is 50.8 Å². The molecule has 0 aliphatic carbocycles. The Kier molecular flexibility index (Phi) is 3.11. The van der Waals surface area contributed by atoms with Crippen LogP contribution < -0.4 is 4.90 Å². The molecule has 2 N–H and O–H groups in total. The highest BCUT2D eigenvalue weighted by Crippen LogP contribution is 2.36. The maximum absolute atomic E-state index is 3.81. The molecule has 1 fully saturated rings. The third kappa shape index (κ3) is 1.96. The van der Waals surface area contributed by atoms with E-state index in [1.165, 1.54) is 56.1 Å². The molecule has 1 unspecified atom stereocenters. The number of benzene rings is 1. The van der Waals surface area contributed by atoms with Crippen molar-refractivity contribution in [3.8, 4) is 0 Å². The zero-order chi connectivity index (χ0) is 14.4. The highest BCUT2D eigenvalue weighted by atomic mass is 15.2. The molecule has 0 amide bonds. The first-order chi connectivity index (χ1) is 10.2. The number of rotatable bonds is 1. The van der Waals surface area contributed by atoms with Crippen molar-refractivity contribution in [3.63, 3.8) is 0 Å². The van der Waals surface area contributed by atoms with Crippen LogP contribution in [0.5, 0.6) is 0 Å². The van der Waals surface area contributed by atoms with Crippen molar-refractivity contribution >= 4 is 10.9 Å². The number of para-hydroxylation sites is 1. The molecule has 0 spiro atoms. The Bertz CT molecular complexity index is 657. The summed E-state index contributed by atoms with van der Waals surface area (Å²) in [5.74, 6) is 0.930. The molecular formula is C19H27N2+. The average Bonchev–Trinajstić information content (AvgIpc) is 2.82. The Hall–Kier alpha value is -1.28. The molecule has 2 aromatic rings. The number of fused-ring (bicyclic) bond motifs is 5. The van der Waals surface area contributed by atoms with Gasteiger partial charge in [0.1, 0.15) is 5.54 Å². The van der Waals surface area contributed by atoms with Gasteiger partial charge in [-0.1, -0.05) is 25.1 Å². The predicted octanol–water partition coefficient (Wildman–Crippen LogP) is 3.03. The van der Waals surface area contributed by atoms with Gasteiger partial charge < -0.3 is 9.88 Å². The first kappa shape index (κ1) is 13.4.